The lowest BCUT2D eigenvalue weighted by atomic mass is 10.0. The van der Waals surface area contributed by atoms with Crippen LogP contribution in [0.5, 0.6) is 0 Å². The second-order valence-electron chi connectivity index (χ2n) is 10.3. The zero-order chi connectivity index (χ0) is 30.2. The van der Waals surface area contributed by atoms with E-state index in [1.54, 1.807) is 30.3 Å². The molecule has 0 saturated heterocycles. The van der Waals surface area contributed by atoms with Crippen molar-refractivity contribution in [2.75, 3.05) is 23.7 Å². The van der Waals surface area contributed by atoms with E-state index in [0.717, 1.165) is 28.1 Å². The van der Waals surface area contributed by atoms with Crippen LogP contribution in [-0.4, -0.2) is 50.5 Å². The van der Waals surface area contributed by atoms with Gasteiger partial charge in [0, 0.05) is 19.5 Å². The van der Waals surface area contributed by atoms with Crippen molar-refractivity contribution >= 4 is 50.7 Å². The third-order valence-electron chi connectivity index (χ3n) is 6.68. The predicted octanol–water partition coefficient (Wildman–Crippen LogP) is 6.05. The molecule has 2 amide bonds. The first-order valence-corrected chi connectivity index (χ1v) is 16.1. The lowest BCUT2D eigenvalue weighted by Gasteiger charge is -2.33. The molecule has 0 bridgehead atoms. The first kappa shape index (κ1) is 32.4. The fraction of sp³-hybridized carbons (Fsp3) is 0.355. The van der Waals surface area contributed by atoms with E-state index >= 15 is 0 Å². The summed E-state index contributed by atoms with van der Waals surface area (Å²) in [6.07, 6.45) is 2.03. The van der Waals surface area contributed by atoms with Crippen LogP contribution in [-0.2, 0) is 32.6 Å². The highest BCUT2D eigenvalue weighted by Crippen LogP contribution is 2.26. The summed E-state index contributed by atoms with van der Waals surface area (Å²) in [7, 11) is -3.84. The number of hydrogen-bond acceptors (Lipinski definition) is 4. The van der Waals surface area contributed by atoms with Crippen LogP contribution in [0.4, 0.5) is 5.69 Å². The summed E-state index contributed by atoms with van der Waals surface area (Å²) in [5.41, 5.74) is 2.93. The lowest BCUT2D eigenvalue weighted by Crippen LogP contribution is -2.53. The van der Waals surface area contributed by atoms with Gasteiger partial charge in [-0.25, -0.2) is 8.42 Å². The first-order chi connectivity index (χ1) is 19.4. The van der Waals surface area contributed by atoms with Crippen LogP contribution in [0.1, 0.15) is 49.8 Å². The Hall–Kier alpha value is -3.07. The highest BCUT2D eigenvalue weighted by atomic mass is 35.5. The van der Waals surface area contributed by atoms with Gasteiger partial charge >= 0.3 is 0 Å². The van der Waals surface area contributed by atoms with Gasteiger partial charge in [0.15, 0.2) is 0 Å². The summed E-state index contributed by atoms with van der Waals surface area (Å²) >= 11 is 12.4. The summed E-state index contributed by atoms with van der Waals surface area (Å²) in [6, 6.07) is 20.6. The molecule has 0 spiro atoms. The van der Waals surface area contributed by atoms with E-state index in [1.165, 1.54) is 4.90 Å². The highest BCUT2D eigenvalue weighted by molar-refractivity contribution is 7.92. The van der Waals surface area contributed by atoms with Gasteiger partial charge in [-0.15, -0.1) is 0 Å². The molecule has 10 heteroatoms. The number of nitrogens with zero attached hydrogens (tertiary/aromatic N) is 2. The van der Waals surface area contributed by atoms with Gasteiger partial charge in [0.2, 0.25) is 21.8 Å². The Morgan fingerprint density at radius 2 is 1.56 bits per heavy atom. The molecule has 0 unspecified atom stereocenters. The van der Waals surface area contributed by atoms with Crippen LogP contribution in [0.3, 0.4) is 0 Å². The number of sulfonamides is 1. The summed E-state index contributed by atoms with van der Waals surface area (Å²) in [6.45, 7) is 6.02. The molecule has 1 N–H and O–H groups in total. The summed E-state index contributed by atoms with van der Waals surface area (Å²) < 4.78 is 26.9. The maximum Gasteiger partial charge on any atom is 0.244 e. The standard InChI is InChI=1S/C31H37Cl2N3O4S/c1-5-17-34-31(38)29(19-23-9-7-6-8-10-23)35(20-24-11-16-27(32)28(33)18-24)30(37)21-36(41(4,39)40)26-14-12-25(13-15-26)22(2)3/h6-16,18,22,29H,5,17,19-21H2,1-4H3,(H,34,38)/t29-/m0/s1. The molecule has 0 saturated carbocycles. The molecule has 0 aliphatic heterocycles. The summed E-state index contributed by atoms with van der Waals surface area (Å²) in [5.74, 6) is -0.585. The molecule has 1 atom stereocenters. The minimum atomic E-state index is -3.84. The Labute approximate surface area is 253 Å². The van der Waals surface area contributed by atoms with E-state index < -0.39 is 28.5 Å². The summed E-state index contributed by atoms with van der Waals surface area (Å²) in [4.78, 5) is 29.1. The van der Waals surface area contributed by atoms with Gasteiger partial charge in [0.25, 0.3) is 0 Å². The molecule has 0 aromatic heterocycles. The smallest absolute Gasteiger partial charge is 0.244 e. The van der Waals surface area contributed by atoms with Crippen molar-refractivity contribution in [3.8, 4) is 0 Å². The van der Waals surface area contributed by atoms with Gasteiger partial charge in [-0.05, 0) is 53.3 Å². The number of nitrogens with one attached hydrogen (secondary N) is 1. The molecule has 3 aromatic rings. The molecule has 0 aliphatic rings. The molecule has 7 nitrogen and oxygen atoms in total. The Kier molecular flexibility index (Phi) is 11.6. The average molecular weight is 619 g/mol. The Morgan fingerprint density at radius 3 is 2.12 bits per heavy atom. The number of amides is 2. The fourth-order valence-electron chi connectivity index (χ4n) is 4.39. The molecule has 0 radical (unpaired) electrons. The van der Waals surface area contributed by atoms with E-state index in [0.29, 0.717) is 27.8 Å². The van der Waals surface area contributed by atoms with Crippen molar-refractivity contribution in [3.05, 3.63) is 99.5 Å². The van der Waals surface area contributed by atoms with Crippen LogP contribution in [0.25, 0.3) is 0 Å². The van der Waals surface area contributed by atoms with E-state index in [-0.39, 0.29) is 24.8 Å². The van der Waals surface area contributed by atoms with Crippen molar-refractivity contribution in [1.29, 1.82) is 0 Å². The molecule has 41 heavy (non-hydrogen) atoms. The normalized spacial score (nSPS) is 12.2. The minimum absolute atomic E-state index is 0.0245. The van der Waals surface area contributed by atoms with Crippen LogP contribution in [0.2, 0.25) is 10.0 Å². The molecule has 220 valence electrons. The second-order valence-corrected chi connectivity index (χ2v) is 13.0. The van der Waals surface area contributed by atoms with Gasteiger partial charge in [-0.2, -0.15) is 0 Å². The van der Waals surface area contributed by atoms with E-state index in [2.05, 4.69) is 5.32 Å². The molecular formula is C31H37Cl2N3O4S. The molecule has 0 fully saturated rings. The van der Waals surface area contributed by atoms with Gasteiger partial charge < -0.3 is 10.2 Å². The SMILES string of the molecule is CCCNC(=O)[C@H](Cc1ccccc1)N(Cc1ccc(Cl)c(Cl)c1)C(=O)CN(c1ccc(C(C)C)cc1)S(C)(=O)=O. The fourth-order valence-corrected chi connectivity index (χ4v) is 5.56. The molecule has 0 heterocycles. The van der Waals surface area contributed by atoms with Crippen molar-refractivity contribution < 1.29 is 18.0 Å². The maximum atomic E-state index is 14.1. The van der Waals surface area contributed by atoms with Gasteiger partial charge in [0.05, 0.1) is 22.0 Å². The average Bonchev–Trinajstić information content (AvgIpc) is 2.94. The van der Waals surface area contributed by atoms with E-state index in [1.807, 2.05) is 63.2 Å². The molecular weight excluding hydrogens is 581 g/mol. The Bertz CT molecular complexity index is 1430. The third-order valence-corrected chi connectivity index (χ3v) is 8.56. The number of carbonyl (C=O) groups is 2. The zero-order valence-corrected chi connectivity index (χ0v) is 26.1. The first-order valence-electron chi connectivity index (χ1n) is 13.5. The van der Waals surface area contributed by atoms with E-state index in [9.17, 15) is 18.0 Å². The molecule has 3 rings (SSSR count). The van der Waals surface area contributed by atoms with Crippen molar-refractivity contribution in [2.24, 2.45) is 0 Å². The number of rotatable bonds is 13. The van der Waals surface area contributed by atoms with Gasteiger partial charge in [-0.1, -0.05) is 92.5 Å². The Morgan fingerprint density at radius 1 is 0.902 bits per heavy atom. The van der Waals surface area contributed by atoms with E-state index in [4.69, 9.17) is 23.2 Å². The third kappa shape index (κ3) is 9.21. The lowest BCUT2D eigenvalue weighted by molar-refractivity contribution is -0.140. The van der Waals surface area contributed by atoms with Gasteiger partial charge in [-0.3, -0.25) is 13.9 Å². The molecule has 3 aromatic carbocycles. The topological polar surface area (TPSA) is 86.8 Å². The van der Waals surface area contributed by atoms with Crippen LogP contribution >= 0.6 is 23.2 Å². The van der Waals surface area contributed by atoms with Crippen LogP contribution in [0.15, 0.2) is 72.8 Å². The quantitative estimate of drug-likeness (QED) is 0.253. The number of carbonyl (C=O) groups excluding carboxylic acids is 2. The van der Waals surface area contributed by atoms with Crippen molar-refractivity contribution in [3.63, 3.8) is 0 Å². The maximum absolute atomic E-state index is 14.1. The zero-order valence-electron chi connectivity index (χ0n) is 23.8. The number of halogens is 2. The van der Waals surface area contributed by atoms with Crippen LogP contribution < -0.4 is 9.62 Å². The number of anilines is 1. The van der Waals surface area contributed by atoms with Crippen molar-refractivity contribution in [2.45, 2.75) is 52.1 Å². The van der Waals surface area contributed by atoms with Crippen LogP contribution in [0, 0.1) is 0 Å². The predicted molar refractivity (Wildman–Crippen MR) is 167 cm³/mol. The van der Waals surface area contributed by atoms with Gasteiger partial charge in [0.1, 0.15) is 12.6 Å². The minimum Gasteiger partial charge on any atom is -0.354 e. The monoisotopic (exact) mass is 617 g/mol. The number of benzene rings is 3. The second kappa shape index (κ2) is 14.7. The highest BCUT2D eigenvalue weighted by Gasteiger charge is 2.33. The Balaban J connectivity index is 2.05. The largest absolute Gasteiger partial charge is 0.354 e. The summed E-state index contributed by atoms with van der Waals surface area (Å²) in [5, 5.41) is 3.59. The molecule has 0 aliphatic carbocycles. The number of hydrogen-bond donors (Lipinski definition) is 1. The van der Waals surface area contributed by atoms with Crippen molar-refractivity contribution in [1.82, 2.24) is 10.2 Å².